The summed E-state index contributed by atoms with van der Waals surface area (Å²) in [6, 6.07) is 11.7. The maximum absolute atomic E-state index is 13.6. The first-order chi connectivity index (χ1) is 15.4. The van der Waals surface area contributed by atoms with Gasteiger partial charge in [0, 0.05) is 17.6 Å². The minimum absolute atomic E-state index is 0.0465. The van der Waals surface area contributed by atoms with Crippen LogP contribution < -0.4 is 0 Å². The van der Waals surface area contributed by atoms with Gasteiger partial charge in [-0.2, -0.15) is 4.80 Å². The van der Waals surface area contributed by atoms with E-state index >= 15 is 0 Å². The Morgan fingerprint density at radius 1 is 1.09 bits per heavy atom. The summed E-state index contributed by atoms with van der Waals surface area (Å²) in [5.41, 5.74) is 2.40. The van der Waals surface area contributed by atoms with Crippen LogP contribution in [-0.2, 0) is 16.6 Å². The normalized spacial score (nSPS) is 18.6. The number of rotatable bonds is 5. The third-order valence-corrected chi connectivity index (χ3v) is 4.95. The number of aliphatic hydroxyl groups excluding tert-OH is 1. The van der Waals surface area contributed by atoms with Crippen molar-refractivity contribution in [2.24, 2.45) is 7.05 Å². The van der Waals surface area contributed by atoms with Crippen LogP contribution in [0.2, 0.25) is 0 Å². The SMILES string of the molecule is Cn1nnc(C(C=C[C@H]2C[C@H](O)CC(=O)O2)=C(c2ccc(F)cc2)c2ccc(F)cc2)n1. The second-order valence-corrected chi connectivity index (χ2v) is 7.39. The number of tetrazole rings is 1. The zero-order valence-corrected chi connectivity index (χ0v) is 17.2. The topological polar surface area (TPSA) is 90.1 Å². The number of aliphatic hydroxyl groups is 1. The molecule has 1 saturated heterocycles. The number of carbonyl (C=O) groups is 1. The Morgan fingerprint density at radius 3 is 2.19 bits per heavy atom. The number of halogens is 2. The van der Waals surface area contributed by atoms with Crippen molar-refractivity contribution in [1.82, 2.24) is 20.2 Å². The minimum Gasteiger partial charge on any atom is -0.458 e. The largest absolute Gasteiger partial charge is 0.458 e. The third kappa shape index (κ3) is 4.94. The van der Waals surface area contributed by atoms with E-state index in [1.807, 2.05) is 0 Å². The molecule has 2 heterocycles. The highest BCUT2D eigenvalue weighted by Crippen LogP contribution is 2.32. The predicted octanol–water partition coefficient (Wildman–Crippen LogP) is 3.07. The molecule has 7 nitrogen and oxygen atoms in total. The number of esters is 1. The van der Waals surface area contributed by atoms with Crippen molar-refractivity contribution in [3.8, 4) is 0 Å². The van der Waals surface area contributed by atoms with Crippen molar-refractivity contribution in [1.29, 1.82) is 0 Å². The Hall–Kier alpha value is -3.72. The number of allylic oxidation sites excluding steroid dienone is 2. The van der Waals surface area contributed by atoms with Crippen LogP contribution >= 0.6 is 0 Å². The lowest BCUT2D eigenvalue weighted by Crippen LogP contribution is -2.31. The van der Waals surface area contributed by atoms with Crippen LogP contribution in [0.15, 0.2) is 60.7 Å². The zero-order chi connectivity index (χ0) is 22.7. The fraction of sp³-hybridized carbons (Fsp3) is 0.217. The summed E-state index contributed by atoms with van der Waals surface area (Å²) in [4.78, 5) is 13.0. The number of cyclic esters (lactones) is 1. The summed E-state index contributed by atoms with van der Waals surface area (Å²) < 4.78 is 32.5. The number of aryl methyl sites for hydroxylation is 1. The number of ether oxygens (including phenoxy) is 1. The van der Waals surface area contributed by atoms with Gasteiger partial charge >= 0.3 is 5.97 Å². The highest BCUT2D eigenvalue weighted by Gasteiger charge is 2.26. The van der Waals surface area contributed by atoms with Gasteiger partial charge in [0.05, 0.1) is 19.6 Å². The average molecular weight is 438 g/mol. The maximum Gasteiger partial charge on any atom is 0.309 e. The monoisotopic (exact) mass is 438 g/mol. The standard InChI is InChI=1S/C23H20F2N4O3/c1-29-27-23(26-28-29)20(11-10-19-12-18(30)13-21(31)32-19)22(14-2-6-16(24)7-3-14)15-4-8-17(25)9-5-15/h2-11,18-19,30H,12-13H2,1H3/t18-,19-/m0/s1. The molecule has 0 radical (unpaired) electrons. The van der Waals surface area contributed by atoms with Crippen molar-refractivity contribution in [2.45, 2.75) is 25.0 Å². The molecular formula is C23H20F2N4O3. The lowest BCUT2D eigenvalue weighted by Gasteiger charge is -2.23. The quantitative estimate of drug-likeness (QED) is 0.487. The van der Waals surface area contributed by atoms with Gasteiger partial charge in [0.25, 0.3) is 0 Å². The smallest absolute Gasteiger partial charge is 0.309 e. The second-order valence-electron chi connectivity index (χ2n) is 7.39. The Labute approximate surface area is 182 Å². The first-order valence-electron chi connectivity index (χ1n) is 9.95. The van der Waals surface area contributed by atoms with Gasteiger partial charge in [-0.3, -0.25) is 4.79 Å². The summed E-state index contributed by atoms with van der Waals surface area (Å²) >= 11 is 0. The molecule has 0 aliphatic carbocycles. The Morgan fingerprint density at radius 2 is 1.69 bits per heavy atom. The predicted molar refractivity (Wildman–Crippen MR) is 112 cm³/mol. The number of benzene rings is 2. The lowest BCUT2D eigenvalue weighted by atomic mass is 9.91. The molecule has 0 spiro atoms. The molecule has 164 valence electrons. The minimum atomic E-state index is -0.790. The fourth-order valence-electron chi connectivity index (χ4n) is 3.50. The number of hydrogen-bond acceptors (Lipinski definition) is 6. The molecule has 2 aromatic carbocycles. The van der Waals surface area contributed by atoms with Crippen molar-refractivity contribution in [3.05, 3.63) is 89.3 Å². The molecule has 1 N–H and O–H groups in total. The van der Waals surface area contributed by atoms with Gasteiger partial charge in [-0.15, -0.1) is 10.2 Å². The van der Waals surface area contributed by atoms with E-state index in [1.165, 1.54) is 29.1 Å². The van der Waals surface area contributed by atoms with Crippen LogP contribution in [0.25, 0.3) is 11.1 Å². The van der Waals surface area contributed by atoms with Crippen molar-refractivity contribution in [3.63, 3.8) is 0 Å². The zero-order valence-electron chi connectivity index (χ0n) is 17.2. The van der Waals surface area contributed by atoms with E-state index in [1.54, 1.807) is 43.5 Å². The van der Waals surface area contributed by atoms with Gasteiger partial charge in [-0.1, -0.05) is 30.3 Å². The summed E-state index contributed by atoms with van der Waals surface area (Å²) in [6.07, 6.45) is 2.09. The molecule has 1 aliphatic rings. The first-order valence-corrected chi connectivity index (χ1v) is 9.95. The average Bonchev–Trinajstić information content (AvgIpc) is 3.18. The number of carbonyl (C=O) groups excluding carboxylic acids is 1. The summed E-state index contributed by atoms with van der Waals surface area (Å²) in [7, 11) is 1.62. The van der Waals surface area contributed by atoms with E-state index in [4.69, 9.17) is 4.74 Å². The van der Waals surface area contributed by atoms with Crippen LogP contribution in [0.1, 0.15) is 29.8 Å². The van der Waals surface area contributed by atoms with Gasteiger partial charge in [-0.25, -0.2) is 8.78 Å². The Balaban J connectivity index is 1.89. The molecule has 32 heavy (non-hydrogen) atoms. The van der Waals surface area contributed by atoms with Crippen LogP contribution in [-0.4, -0.2) is 43.5 Å². The molecule has 1 aliphatic heterocycles. The Kier molecular flexibility index (Phi) is 6.18. The molecule has 1 fully saturated rings. The van der Waals surface area contributed by atoms with Crippen LogP contribution in [0.4, 0.5) is 8.78 Å². The molecular weight excluding hydrogens is 418 g/mol. The van der Waals surface area contributed by atoms with E-state index < -0.39 is 29.8 Å². The van der Waals surface area contributed by atoms with Gasteiger partial charge in [-0.05, 0) is 46.7 Å². The van der Waals surface area contributed by atoms with Crippen LogP contribution in [0.3, 0.4) is 0 Å². The molecule has 2 atom stereocenters. The highest BCUT2D eigenvalue weighted by molar-refractivity contribution is 6.00. The molecule has 0 unspecified atom stereocenters. The van der Waals surface area contributed by atoms with E-state index in [0.29, 0.717) is 22.3 Å². The van der Waals surface area contributed by atoms with Gasteiger partial charge in [0.15, 0.2) is 0 Å². The summed E-state index contributed by atoms with van der Waals surface area (Å²) in [5, 5.41) is 22.2. The van der Waals surface area contributed by atoms with Crippen LogP contribution in [0.5, 0.6) is 0 Å². The molecule has 1 aromatic heterocycles. The van der Waals surface area contributed by atoms with Gasteiger partial charge < -0.3 is 9.84 Å². The number of hydrogen-bond donors (Lipinski definition) is 1. The first kappa shape index (κ1) is 21.5. The maximum atomic E-state index is 13.6. The third-order valence-electron chi connectivity index (χ3n) is 4.95. The number of nitrogens with zero attached hydrogens (tertiary/aromatic N) is 4. The van der Waals surface area contributed by atoms with E-state index in [0.717, 1.165) is 0 Å². The molecule has 3 aromatic rings. The van der Waals surface area contributed by atoms with E-state index in [9.17, 15) is 18.7 Å². The molecule has 0 saturated carbocycles. The summed E-state index contributed by atoms with van der Waals surface area (Å²) in [6.45, 7) is 0. The van der Waals surface area contributed by atoms with E-state index in [-0.39, 0.29) is 18.7 Å². The molecule has 4 rings (SSSR count). The Bertz CT molecular complexity index is 1120. The van der Waals surface area contributed by atoms with Gasteiger partial charge in [0.1, 0.15) is 17.7 Å². The van der Waals surface area contributed by atoms with E-state index in [2.05, 4.69) is 15.4 Å². The fourth-order valence-corrected chi connectivity index (χ4v) is 3.50. The second kappa shape index (κ2) is 9.19. The summed E-state index contributed by atoms with van der Waals surface area (Å²) in [5.74, 6) is -1.01. The molecule has 0 amide bonds. The van der Waals surface area contributed by atoms with Crippen molar-refractivity contribution >= 4 is 17.1 Å². The lowest BCUT2D eigenvalue weighted by molar-refractivity contribution is -0.156. The van der Waals surface area contributed by atoms with Crippen molar-refractivity contribution in [2.75, 3.05) is 0 Å². The molecule has 0 bridgehead atoms. The van der Waals surface area contributed by atoms with Crippen molar-refractivity contribution < 1.29 is 23.4 Å². The highest BCUT2D eigenvalue weighted by atomic mass is 19.1. The van der Waals surface area contributed by atoms with Crippen LogP contribution in [0, 0.1) is 11.6 Å². The molecule has 9 heteroatoms. The number of aromatic nitrogens is 4. The van der Waals surface area contributed by atoms with Gasteiger partial charge in [0.2, 0.25) is 5.82 Å².